The second-order valence-electron chi connectivity index (χ2n) is 5.84. The number of likely N-dealkylation sites (tertiary alicyclic amines) is 1. The first-order valence-electron chi connectivity index (χ1n) is 7.29. The Kier molecular flexibility index (Phi) is 3.56. The summed E-state index contributed by atoms with van der Waals surface area (Å²) in [6.07, 6.45) is 4.94. The summed E-state index contributed by atoms with van der Waals surface area (Å²) < 4.78 is 1.96. The van der Waals surface area contributed by atoms with Crippen LogP contribution < -0.4 is 5.32 Å². The summed E-state index contributed by atoms with van der Waals surface area (Å²) in [6.45, 7) is 9.78. The van der Waals surface area contributed by atoms with Gasteiger partial charge in [-0.25, -0.2) is 4.98 Å². The molecular weight excluding hydrogens is 252 g/mol. The van der Waals surface area contributed by atoms with Gasteiger partial charge in [-0.3, -0.25) is 4.40 Å². The summed E-state index contributed by atoms with van der Waals surface area (Å²) in [6, 6.07) is 0.640. The maximum Gasteiger partial charge on any atom is 0.203 e. The molecule has 2 aromatic rings. The maximum atomic E-state index is 4.39. The molecule has 0 aromatic carbocycles. The van der Waals surface area contributed by atoms with Crippen LogP contribution >= 0.6 is 0 Å². The highest BCUT2D eigenvalue weighted by atomic mass is 15.3. The monoisotopic (exact) mass is 274 g/mol. The van der Waals surface area contributed by atoms with Crippen LogP contribution in [0.15, 0.2) is 12.4 Å². The van der Waals surface area contributed by atoms with Crippen LogP contribution in [-0.4, -0.2) is 50.2 Å². The van der Waals surface area contributed by atoms with Crippen molar-refractivity contribution in [2.75, 3.05) is 25.0 Å². The zero-order valence-corrected chi connectivity index (χ0v) is 12.4. The molecule has 0 spiro atoms. The minimum Gasteiger partial charge on any atom is -0.367 e. The molecule has 1 fully saturated rings. The van der Waals surface area contributed by atoms with Crippen molar-refractivity contribution >= 4 is 11.5 Å². The van der Waals surface area contributed by atoms with Gasteiger partial charge in [0.05, 0.1) is 0 Å². The van der Waals surface area contributed by atoms with Crippen molar-refractivity contribution < 1.29 is 0 Å². The van der Waals surface area contributed by atoms with Crippen LogP contribution in [0, 0.1) is 12.8 Å². The zero-order valence-electron chi connectivity index (χ0n) is 12.4. The molecule has 2 aromatic heterocycles. The molecule has 1 saturated heterocycles. The van der Waals surface area contributed by atoms with E-state index in [4.69, 9.17) is 0 Å². The number of aromatic nitrogens is 4. The van der Waals surface area contributed by atoms with Gasteiger partial charge in [-0.15, -0.1) is 10.2 Å². The number of rotatable bonds is 4. The standard InChI is InChI=1S/C14H22N6/c1-10(2)19-6-4-12(9-19)8-16-13-14-18-17-11(3)20(14)7-5-15-13/h5,7,10,12H,4,6,8-9H2,1-3H3,(H,15,16). The van der Waals surface area contributed by atoms with E-state index in [1.165, 1.54) is 19.5 Å². The minimum absolute atomic E-state index is 0.640. The van der Waals surface area contributed by atoms with E-state index in [1.54, 1.807) is 6.20 Å². The molecule has 0 bridgehead atoms. The van der Waals surface area contributed by atoms with Crippen LogP contribution in [-0.2, 0) is 0 Å². The van der Waals surface area contributed by atoms with Gasteiger partial charge < -0.3 is 10.2 Å². The highest BCUT2D eigenvalue weighted by Crippen LogP contribution is 2.20. The van der Waals surface area contributed by atoms with Crippen LogP contribution in [0.1, 0.15) is 26.1 Å². The van der Waals surface area contributed by atoms with Crippen molar-refractivity contribution in [3.8, 4) is 0 Å². The summed E-state index contributed by atoms with van der Waals surface area (Å²) in [7, 11) is 0. The molecule has 1 unspecified atom stereocenters. The lowest BCUT2D eigenvalue weighted by Gasteiger charge is -2.20. The lowest BCUT2D eigenvalue weighted by molar-refractivity contribution is 0.266. The number of nitrogens with zero attached hydrogens (tertiary/aromatic N) is 5. The Balaban J connectivity index is 1.66. The Morgan fingerprint density at radius 2 is 2.25 bits per heavy atom. The van der Waals surface area contributed by atoms with Gasteiger partial charge in [0.15, 0.2) is 5.82 Å². The molecule has 0 amide bonds. The maximum absolute atomic E-state index is 4.39. The van der Waals surface area contributed by atoms with Crippen molar-refractivity contribution in [3.63, 3.8) is 0 Å². The summed E-state index contributed by atoms with van der Waals surface area (Å²) in [4.78, 5) is 6.92. The Morgan fingerprint density at radius 3 is 3.00 bits per heavy atom. The van der Waals surface area contributed by atoms with E-state index >= 15 is 0 Å². The molecule has 0 radical (unpaired) electrons. The van der Waals surface area contributed by atoms with Gasteiger partial charge in [-0.05, 0) is 39.7 Å². The second-order valence-corrected chi connectivity index (χ2v) is 5.84. The van der Waals surface area contributed by atoms with E-state index in [0.717, 1.165) is 23.8 Å². The Morgan fingerprint density at radius 1 is 1.40 bits per heavy atom. The third kappa shape index (κ3) is 2.47. The van der Waals surface area contributed by atoms with Crippen molar-refractivity contribution in [1.29, 1.82) is 0 Å². The van der Waals surface area contributed by atoms with E-state index in [2.05, 4.69) is 39.2 Å². The van der Waals surface area contributed by atoms with Crippen LogP contribution in [0.2, 0.25) is 0 Å². The first kappa shape index (κ1) is 13.3. The molecular formula is C14H22N6. The summed E-state index contributed by atoms with van der Waals surface area (Å²) in [5.41, 5.74) is 0.809. The van der Waals surface area contributed by atoms with E-state index in [-0.39, 0.29) is 0 Å². The van der Waals surface area contributed by atoms with Crippen LogP contribution in [0.25, 0.3) is 5.65 Å². The summed E-state index contributed by atoms with van der Waals surface area (Å²) >= 11 is 0. The average molecular weight is 274 g/mol. The number of fused-ring (bicyclic) bond motifs is 1. The first-order chi connectivity index (χ1) is 9.65. The topological polar surface area (TPSA) is 58.4 Å². The Hall–Kier alpha value is -1.69. The largest absolute Gasteiger partial charge is 0.367 e. The molecule has 6 nitrogen and oxygen atoms in total. The molecule has 1 aliphatic rings. The summed E-state index contributed by atoms with van der Waals surface area (Å²) in [5.74, 6) is 2.40. The van der Waals surface area contributed by atoms with Crippen molar-refractivity contribution in [3.05, 3.63) is 18.2 Å². The molecule has 0 aliphatic carbocycles. The van der Waals surface area contributed by atoms with Gasteiger partial charge in [0.1, 0.15) is 5.82 Å². The van der Waals surface area contributed by atoms with Gasteiger partial charge in [0.25, 0.3) is 0 Å². The Labute approximate surface area is 119 Å². The SMILES string of the molecule is Cc1nnc2c(NCC3CCN(C(C)C)C3)nccn12. The highest BCUT2D eigenvalue weighted by molar-refractivity contribution is 5.61. The molecule has 3 rings (SSSR count). The van der Waals surface area contributed by atoms with Crippen molar-refractivity contribution in [2.24, 2.45) is 5.92 Å². The minimum atomic E-state index is 0.640. The smallest absolute Gasteiger partial charge is 0.203 e. The molecule has 20 heavy (non-hydrogen) atoms. The van der Waals surface area contributed by atoms with Crippen LogP contribution in [0.4, 0.5) is 5.82 Å². The van der Waals surface area contributed by atoms with Gasteiger partial charge in [0, 0.05) is 31.5 Å². The molecule has 0 saturated carbocycles. The lowest BCUT2D eigenvalue weighted by Crippen LogP contribution is -2.29. The van der Waals surface area contributed by atoms with Crippen molar-refractivity contribution in [1.82, 2.24) is 24.5 Å². The van der Waals surface area contributed by atoms with E-state index in [9.17, 15) is 0 Å². The van der Waals surface area contributed by atoms with Gasteiger partial charge in [-0.1, -0.05) is 0 Å². The first-order valence-corrected chi connectivity index (χ1v) is 7.29. The predicted molar refractivity (Wildman–Crippen MR) is 78.8 cm³/mol. The number of aryl methyl sites for hydroxylation is 1. The van der Waals surface area contributed by atoms with E-state index in [0.29, 0.717) is 12.0 Å². The Bertz CT molecular complexity index is 590. The average Bonchev–Trinajstić information content (AvgIpc) is 3.04. The van der Waals surface area contributed by atoms with Crippen molar-refractivity contribution in [2.45, 2.75) is 33.2 Å². The predicted octanol–water partition coefficient (Wildman–Crippen LogP) is 1.57. The lowest BCUT2D eigenvalue weighted by atomic mass is 10.1. The van der Waals surface area contributed by atoms with E-state index < -0.39 is 0 Å². The molecule has 6 heteroatoms. The molecule has 1 N–H and O–H groups in total. The normalized spacial score (nSPS) is 20.1. The number of anilines is 1. The van der Waals surface area contributed by atoms with Crippen LogP contribution in [0.5, 0.6) is 0 Å². The summed E-state index contributed by atoms with van der Waals surface area (Å²) in [5, 5.41) is 11.7. The third-order valence-electron chi connectivity index (χ3n) is 4.10. The van der Waals surface area contributed by atoms with Gasteiger partial charge in [0.2, 0.25) is 5.65 Å². The van der Waals surface area contributed by atoms with Gasteiger partial charge >= 0.3 is 0 Å². The number of hydrogen-bond donors (Lipinski definition) is 1. The fraction of sp³-hybridized carbons (Fsp3) is 0.643. The molecule has 1 aliphatic heterocycles. The second kappa shape index (κ2) is 5.36. The number of nitrogens with one attached hydrogen (secondary N) is 1. The highest BCUT2D eigenvalue weighted by Gasteiger charge is 2.24. The third-order valence-corrected chi connectivity index (χ3v) is 4.10. The number of hydrogen-bond acceptors (Lipinski definition) is 5. The molecule has 1 atom stereocenters. The fourth-order valence-electron chi connectivity index (χ4n) is 2.81. The van der Waals surface area contributed by atoms with Crippen LogP contribution in [0.3, 0.4) is 0 Å². The molecule has 3 heterocycles. The molecule has 108 valence electrons. The fourth-order valence-corrected chi connectivity index (χ4v) is 2.81. The van der Waals surface area contributed by atoms with Gasteiger partial charge in [-0.2, -0.15) is 0 Å². The zero-order chi connectivity index (χ0) is 14.1. The quantitative estimate of drug-likeness (QED) is 0.917. The van der Waals surface area contributed by atoms with E-state index in [1.807, 2.05) is 17.5 Å².